The minimum absolute atomic E-state index is 0.508. The van der Waals surface area contributed by atoms with E-state index in [9.17, 15) is 5.11 Å². The van der Waals surface area contributed by atoms with Gasteiger partial charge < -0.3 is 9.84 Å². The summed E-state index contributed by atoms with van der Waals surface area (Å²) >= 11 is 0. The van der Waals surface area contributed by atoms with Crippen molar-refractivity contribution in [2.24, 2.45) is 0 Å². The van der Waals surface area contributed by atoms with E-state index in [-0.39, 0.29) is 0 Å². The van der Waals surface area contributed by atoms with Crippen LogP contribution in [0.4, 0.5) is 0 Å². The first-order chi connectivity index (χ1) is 8.52. The third-order valence-corrected chi connectivity index (χ3v) is 2.66. The molecular formula is C13H17N3O2. The lowest BCUT2D eigenvalue weighted by Crippen LogP contribution is -2.15. The molecule has 1 aromatic carbocycles. The Morgan fingerprint density at radius 3 is 2.67 bits per heavy atom. The van der Waals surface area contributed by atoms with Gasteiger partial charge in [0.15, 0.2) is 0 Å². The molecular weight excluding hydrogens is 230 g/mol. The Hall–Kier alpha value is -1.72. The summed E-state index contributed by atoms with van der Waals surface area (Å²) in [5.41, 5.74) is 1.47. The Morgan fingerprint density at radius 2 is 2.06 bits per heavy atom. The van der Waals surface area contributed by atoms with Crippen molar-refractivity contribution in [3.05, 3.63) is 41.7 Å². The van der Waals surface area contributed by atoms with Crippen molar-refractivity contribution in [1.29, 1.82) is 0 Å². The van der Waals surface area contributed by atoms with E-state index in [0.29, 0.717) is 12.3 Å². The molecule has 0 aliphatic heterocycles. The van der Waals surface area contributed by atoms with Gasteiger partial charge in [-0.2, -0.15) is 0 Å². The van der Waals surface area contributed by atoms with Crippen LogP contribution in [0, 0.1) is 0 Å². The second kappa shape index (κ2) is 4.88. The average molecular weight is 247 g/mol. The van der Waals surface area contributed by atoms with Crippen molar-refractivity contribution in [3.63, 3.8) is 0 Å². The Kier molecular flexibility index (Phi) is 3.45. The molecule has 0 bridgehead atoms. The molecule has 0 radical (unpaired) electrons. The largest absolute Gasteiger partial charge is 0.384 e. The molecule has 1 heterocycles. The first-order valence-corrected chi connectivity index (χ1v) is 5.75. The van der Waals surface area contributed by atoms with E-state index >= 15 is 0 Å². The Balaban J connectivity index is 2.40. The highest BCUT2D eigenvalue weighted by atomic mass is 16.5. The zero-order chi connectivity index (χ0) is 13.2. The van der Waals surface area contributed by atoms with E-state index < -0.39 is 5.60 Å². The van der Waals surface area contributed by atoms with Crippen LogP contribution in [0.15, 0.2) is 30.5 Å². The lowest BCUT2D eigenvalue weighted by molar-refractivity contribution is 0.0737. The zero-order valence-electron chi connectivity index (χ0n) is 10.8. The number of aliphatic hydroxyl groups is 1. The van der Waals surface area contributed by atoms with Crippen LogP contribution in [-0.2, 0) is 16.9 Å². The number of ether oxygens (including phenoxy) is 1. The molecule has 5 nitrogen and oxygen atoms in total. The molecule has 1 aromatic heterocycles. The topological polar surface area (TPSA) is 60.2 Å². The van der Waals surface area contributed by atoms with Crippen LogP contribution in [0.25, 0.3) is 5.69 Å². The van der Waals surface area contributed by atoms with Gasteiger partial charge in [-0.3, -0.25) is 0 Å². The van der Waals surface area contributed by atoms with Gasteiger partial charge in [0.05, 0.1) is 18.5 Å². The highest BCUT2D eigenvalue weighted by Gasteiger charge is 2.20. The van der Waals surface area contributed by atoms with Crippen LogP contribution in [0.1, 0.15) is 25.1 Å². The van der Waals surface area contributed by atoms with Gasteiger partial charge >= 0.3 is 0 Å². The van der Waals surface area contributed by atoms with Gasteiger partial charge in [0.1, 0.15) is 11.3 Å². The molecule has 0 saturated carbocycles. The van der Waals surface area contributed by atoms with E-state index in [4.69, 9.17) is 4.74 Å². The van der Waals surface area contributed by atoms with Crippen LogP contribution in [-0.4, -0.2) is 27.2 Å². The second-order valence-electron chi connectivity index (χ2n) is 4.67. The number of hydrogen-bond acceptors (Lipinski definition) is 4. The van der Waals surface area contributed by atoms with Crippen LogP contribution in [0.2, 0.25) is 0 Å². The maximum atomic E-state index is 9.88. The Morgan fingerprint density at radius 1 is 1.33 bits per heavy atom. The SMILES string of the molecule is COCc1ccccc1-n1cc(C(C)(C)O)nn1. The molecule has 1 N–H and O–H groups in total. The maximum absolute atomic E-state index is 9.88. The predicted octanol–water partition coefficient (Wildman–Crippen LogP) is 1.64. The third-order valence-electron chi connectivity index (χ3n) is 2.66. The second-order valence-corrected chi connectivity index (χ2v) is 4.67. The predicted molar refractivity (Wildman–Crippen MR) is 67.3 cm³/mol. The van der Waals surface area contributed by atoms with Gasteiger partial charge in [0, 0.05) is 12.7 Å². The molecule has 0 spiro atoms. The summed E-state index contributed by atoms with van der Waals surface area (Å²) in [5, 5.41) is 17.9. The van der Waals surface area contributed by atoms with Gasteiger partial charge in [-0.05, 0) is 19.9 Å². The maximum Gasteiger partial charge on any atom is 0.114 e. The van der Waals surface area contributed by atoms with Gasteiger partial charge in [0.2, 0.25) is 0 Å². The lowest BCUT2D eigenvalue weighted by Gasteiger charge is -2.12. The fourth-order valence-electron chi connectivity index (χ4n) is 1.67. The smallest absolute Gasteiger partial charge is 0.114 e. The number of para-hydroxylation sites is 1. The van der Waals surface area contributed by atoms with Crippen LogP contribution < -0.4 is 0 Å². The number of aromatic nitrogens is 3. The van der Waals surface area contributed by atoms with Gasteiger partial charge in [-0.25, -0.2) is 4.68 Å². The number of methoxy groups -OCH3 is 1. The van der Waals surface area contributed by atoms with E-state index in [1.54, 1.807) is 31.8 Å². The van der Waals surface area contributed by atoms with E-state index in [0.717, 1.165) is 11.3 Å². The lowest BCUT2D eigenvalue weighted by atomic mass is 10.1. The summed E-state index contributed by atoms with van der Waals surface area (Å²) in [6.07, 6.45) is 1.73. The molecule has 0 saturated heterocycles. The molecule has 2 rings (SSSR count). The van der Waals surface area contributed by atoms with Crippen molar-refractivity contribution in [3.8, 4) is 5.69 Å². The number of nitrogens with zero attached hydrogens (tertiary/aromatic N) is 3. The molecule has 0 atom stereocenters. The van der Waals surface area contributed by atoms with Crippen LogP contribution in [0.5, 0.6) is 0 Å². The summed E-state index contributed by atoms with van der Waals surface area (Å²) in [6, 6.07) is 7.80. The van der Waals surface area contributed by atoms with Crippen molar-refractivity contribution >= 4 is 0 Å². The Labute approximate surface area is 106 Å². The van der Waals surface area contributed by atoms with E-state index in [1.165, 1.54) is 0 Å². The first-order valence-electron chi connectivity index (χ1n) is 5.75. The van der Waals surface area contributed by atoms with Crippen LogP contribution >= 0.6 is 0 Å². The van der Waals surface area contributed by atoms with E-state index in [2.05, 4.69) is 10.3 Å². The fourth-order valence-corrected chi connectivity index (χ4v) is 1.67. The highest BCUT2D eigenvalue weighted by molar-refractivity contribution is 5.39. The summed E-state index contributed by atoms with van der Waals surface area (Å²) in [4.78, 5) is 0. The van der Waals surface area contributed by atoms with E-state index in [1.807, 2.05) is 24.3 Å². The molecule has 5 heteroatoms. The summed E-state index contributed by atoms with van der Waals surface area (Å²) in [7, 11) is 1.65. The highest BCUT2D eigenvalue weighted by Crippen LogP contribution is 2.19. The van der Waals surface area contributed by atoms with Crippen molar-refractivity contribution in [2.75, 3.05) is 7.11 Å². The molecule has 0 fully saturated rings. The monoisotopic (exact) mass is 247 g/mol. The molecule has 2 aromatic rings. The standard InChI is InChI=1S/C13H17N3O2/c1-13(2,17)12-8-16(15-14-12)11-7-5-4-6-10(11)9-18-3/h4-8,17H,9H2,1-3H3. The number of hydrogen-bond donors (Lipinski definition) is 1. The fraction of sp³-hybridized carbons (Fsp3) is 0.385. The first kappa shape index (κ1) is 12.7. The molecule has 96 valence electrons. The summed E-state index contributed by atoms with van der Waals surface area (Å²) < 4.78 is 6.81. The van der Waals surface area contributed by atoms with Gasteiger partial charge in [0.25, 0.3) is 0 Å². The summed E-state index contributed by atoms with van der Waals surface area (Å²) in [5.74, 6) is 0. The molecule has 0 aliphatic carbocycles. The minimum Gasteiger partial charge on any atom is -0.384 e. The van der Waals surface area contributed by atoms with Crippen molar-refractivity contribution in [2.45, 2.75) is 26.1 Å². The normalized spacial score (nSPS) is 11.8. The Bertz CT molecular complexity index is 529. The van der Waals surface area contributed by atoms with Gasteiger partial charge in [-0.15, -0.1) is 5.10 Å². The summed E-state index contributed by atoms with van der Waals surface area (Å²) in [6.45, 7) is 3.87. The number of rotatable bonds is 4. The molecule has 18 heavy (non-hydrogen) atoms. The van der Waals surface area contributed by atoms with Crippen LogP contribution in [0.3, 0.4) is 0 Å². The van der Waals surface area contributed by atoms with Crippen molar-refractivity contribution < 1.29 is 9.84 Å². The third kappa shape index (κ3) is 2.57. The minimum atomic E-state index is -0.992. The quantitative estimate of drug-likeness (QED) is 0.892. The molecule has 0 amide bonds. The average Bonchev–Trinajstić information content (AvgIpc) is 2.79. The molecule has 0 aliphatic rings. The van der Waals surface area contributed by atoms with Crippen molar-refractivity contribution in [1.82, 2.24) is 15.0 Å². The zero-order valence-corrected chi connectivity index (χ0v) is 10.8. The number of benzene rings is 1. The molecule has 0 unspecified atom stereocenters. The van der Waals surface area contributed by atoms with Gasteiger partial charge in [-0.1, -0.05) is 23.4 Å².